The van der Waals surface area contributed by atoms with E-state index in [1.54, 1.807) is 6.20 Å². The van der Waals surface area contributed by atoms with Gasteiger partial charge < -0.3 is 14.7 Å². The van der Waals surface area contributed by atoms with Crippen LogP contribution >= 0.6 is 0 Å². The largest absolute Gasteiger partial charge is 0.487 e. The molecule has 20 heavy (non-hydrogen) atoms. The van der Waals surface area contributed by atoms with Crippen LogP contribution in [0.2, 0.25) is 0 Å². The van der Waals surface area contributed by atoms with Crippen molar-refractivity contribution in [3.05, 3.63) is 18.3 Å². The molecule has 4 nitrogen and oxygen atoms in total. The molecule has 0 amide bonds. The van der Waals surface area contributed by atoms with Gasteiger partial charge >= 0.3 is 0 Å². The van der Waals surface area contributed by atoms with E-state index >= 15 is 0 Å². The van der Waals surface area contributed by atoms with E-state index in [9.17, 15) is 5.11 Å². The molecule has 0 atom stereocenters. The Hall–Kier alpha value is -1.29. The van der Waals surface area contributed by atoms with Crippen LogP contribution in [-0.4, -0.2) is 35.4 Å². The Balaban J connectivity index is 2.23. The zero-order chi connectivity index (χ0) is 14.4. The van der Waals surface area contributed by atoms with Crippen LogP contribution in [0.5, 0.6) is 5.75 Å². The van der Waals surface area contributed by atoms with Crippen molar-refractivity contribution in [2.24, 2.45) is 0 Å². The molecule has 0 aromatic carbocycles. The lowest BCUT2D eigenvalue weighted by Crippen LogP contribution is -2.39. The van der Waals surface area contributed by atoms with Gasteiger partial charge in [-0.25, -0.2) is 4.98 Å². The summed E-state index contributed by atoms with van der Waals surface area (Å²) in [5.41, 5.74) is 0. The number of hydrogen-bond donors (Lipinski definition) is 1. The number of nitrogens with zero attached hydrogens (tertiary/aromatic N) is 2. The van der Waals surface area contributed by atoms with Crippen LogP contribution in [0.3, 0.4) is 0 Å². The van der Waals surface area contributed by atoms with Gasteiger partial charge in [-0.05, 0) is 38.8 Å². The number of aromatic nitrogens is 1. The predicted octanol–water partition coefficient (Wildman–Crippen LogP) is 3.00. The number of pyridine rings is 1. The van der Waals surface area contributed by atoms with Crippen molar-refractivity contribution >= 4 is 5.82 Å². The smallest absolute Gasteiger partial charge is 0.171 e. The minimum absolute atomic E-state index is 0.125. The Morgan fingerprint density at radius 1 is 1.35 bits per heavy atom. The quantitative estimate of drug-likeness (QED) is 0.869. The Bertz CT molecular complexity index is 403. The summed E-state index contributed by atoms with van der Waals surface area (Å²) in [5.74, 6) is 1.70. The normalized spacial score (nSPS) is 16.4. The molecule has 0 aliphatic heterocycles. The summed E-state index contributed by atoms with van der Waals surface area (Å²) >= 11 is 0. The van der Waals surface area contributed by atoms with E-state index in [-0.39, 0.29) is 12.7 Å². The van der Waals surface area contributed by atoms with Crippen molar-refractivity contribution < 1.29 is 9.84 Å². The average molecular weight is 278 g/mol. The van der Waals surface area contributed by atoms with Gasteiger partial charge in [-0.2, -0.15) is 0 Å². The maximum Gasteiger partial charge on any atom is 0.171 e. The third-order valence-electron chi connectivity index (χ3n) is 3.74. The van der Waals surface area contributed by atoms with Gasteiger partial charge in [-0.1, -0.05) is 19.3 Å². The summed E-state index contributed by atoms with van der Waals surface area (Å²) in [4.78, 5) is 6.75. The van der Waals surface area contributed by atoms with E-state index in [1.807, 2.05) is 26.0 Å². The first-order valence-electron chi connectivity index (χ1n) is 7.71. The SMILES string of the molecule is CC(C)Oc1cccnc1N(CCO)C1CCCCC1. The zero-order valence-electron chi connectivity index (χ0n) is 12.6. The van der Waals surface area contributed by atoms with E-state index in [2.05, 4.69) is 9.88 Å². The highest BCUT2D eigenvalue weighted by molar-refractivity contribution is 5.53. The van der Waals surface area contributed by atoms with E-state index in [1.165, 1.54) is 32.1 Å². The van der Waals surface area contributed by atoms with Crippen LogP contribution in [0.4, 0.5) is 5.82 Å². The molecule has 4 heteroatoms. The molecule has 1 aromatic heterocycles. The average Bonchev–Trinajstić information content (AvgIpc) is 2.46. The molecule has 112 valence electrons. The maximum atomic E-state index is 9.39. The number of rotatable bonds is 6. The van der Waals surface area contributed by atoms with Gasteiger partial charge in [0.1, 0.15) is 0 Å². The predicted molar refractivity (Wildman–Crippen MR) is 81.3 cm³/mol. The van der Waals surface area contributed by atoms with Crippen molar-refractivity contribution in [1.82, 2.24) is 4.98 Å². The first kappa shape index (κ1) is 15.1. The van der Waals surface area contributed by atoms with Crippen LogP contribution in [-0.2, 0) is 0 Å². The zero-order valence-corrected chi connectivity index (χ0v) is 12.6. The monoisotopic (exact) mass is 278 g/mol. The van der Waals surface area contributed by atoms with Crippen LogP contribution < -0.4 is 9.64 Å². The summed E-state index contributed by atoms with van der Waals surface area (Å²) in [5, 5.41) is 9.39. The molecule has 2 rings (SSSR count). The van der Waals surface area contributed by atoms with Gasteiger partial charge in [-0.15, -0.1) is 0 Å². The van der Waals surface area contributed by atoms with E-state index < -0.39 is 0 Å². The lowest BCUT2D eigenvalue weighted by molar-refractivity contribution is 0.239. The molecular weight excluding hydrogens is 252 g/mol. The Morgan fingerprint density at radius 2 is 2.10 bits per heavy atom. The number of aliphatic hydroxyl groups is 1. The van der Waals surface area contributed by atoms with Crippen LogP contribution in [0, 0.1) is 0 Å². The maximum absolute atomic E-state index is 9.39. The molecule has 0 spiro atoms. The summed E-state index contributed by atoms with van der Waals surface area (Å²) in [7, 11) is 0. The number of aliphatic hydroxyl groups excluding tert-OH is 1. The highest BCUT2D eigenvalue weighted by Gasteiger charge is 2.24. The molecule has 1 aromatic rings. The van der Waals surface area contributed by atoms with Crippen LogP contribution in [0.1, 0.15) is 46.0 Å². The summed E-state index contributed by atoms with van der Waals surface area (Å²) in [6, 6.07) is 4.34. The van der Waals surface area contributed by atoms with E-state index in [0.717, 1.165) is 11.6 Å². The fraction of sp³-hybridized carbons (Fsp3) is 0.688. The molecule has 0 radical (unpaired) electrons. The highest BCUT2D eigenvalue weighted by Crippen LogP contribution is 2.32. The number of hydrogen-bond acceptors (Lipinski definition) is 4. The molecular formula is C16H26N2O2. The lowest BCUT2D eigenvalue weighted by Gasteiger charge is -2.35. The molecule has 1 saturated carbocycles. The summed E-state index contributed by atoms with van der Waals surface area (Å²) < 4.78 is 5.88. The van der Waals surface area contributed by atoms with Crippen molar-refractivity contribution in [2.45, 2.75) is 58.1 Å². The number of ether oxygens (including phenoxy) is 1. The Morgan fingerprint density at radius 3 is 2.75 bits per heavy atom. The van der Waals surface area contributed by atoms with Crippen molar-refractivity contribution in [1.29, 1.82) is 0 Å². The van der Waals surface area contributed by atoms with Gasteiger partial charge in [0.25, 0.3) is 0 Å². The van der Waals surface area contributed by atoms with Crippen molar-refractivity contribution in [3.63, 3.8) is 0 Å². The fourth-order valence-electron chi connectivity index (χ4n) is 2.91. The summed E-state index contributed by atoms with van der Waals surface area (Å²) in [6.45, 7) is 4.81. The third kappa shape index (κ3) is 3.85. The van der Waals surface area contributed by atoms with Gasteiger partial charge in [-0.3, -0.25) is 0 Å². The molecule has 0 unspecified atom stereocenters. The second-order valence-electron chi connectivity index (χ2n) is 5.70. The molecule has 0 bridgehead atoms. The van der Waals surface area contributed by atoms with Crippen LogP contribution in [0.25, 0.3) is 0 Å². The molecule has 0 saturated heterocycles. The first-order chi connectivity index (χ1) is 9.72. The Kier molecular flexibility index (Phi) is 5.65. The molecule has 1 aliphatic rings. The fourth-order valence-corrected chi connectivity index (χ4v) is 2.91. The summed E-state index contributed by atoms with van der Waals surface area (Å²) in [6.07, 6.45) is 8.13. The van der Waals surface area contributed by atoms with Gasteiger partial charge in [0.15, 0.2) is 11.6 Å². The topological polar surface area (TPSA) is 45.6 Å². The molecule has 1 heterocycles. The standard InChI is InChI=1S/C16H26N2O2/c1-13(2)20-15-9-6-10-17-16(15)18(11-12-19)14-7-4-3-5-8-14/h6,9-10,13-14,19H,3-5,7-8,11-12H2,1-2H3. The minimum atomic E-state index is 0.125. The second kappa shape index (κ2) is 7.48. The van der Waals surface area contributed by atoms with Gasteiger partial charge in [0.2, 0.25) is 0 Å². The Labute approximate surface area is 121 Å². The van der Waals surface area contributed by atoms with E-state index in [4.69, 9.17) is 4.74 Å². The third-order valence-corrected chi connectivity index (χ3v) is 3.74. The van der Waals surface area contributed by atoms with Crippen molar-refractivity contribution in [2.75, 3.05) is 18.1 Å². The molecule has 1 aliphatic carbocycles. The van der Waals surface area contributed by atoms with Crippen molar-refractivity contribution in [3.8, 4) is 5.75 Å². The van der Waals surface area contributed by atoms with Crippen LogP contribution in [0.15, 0.2) is 18.3 Å². The second-order valence-corrected chi connectivity index (χ2v) is 5.70. The van der Waals surface area contributed by atoms with Gasteiger partial charge in [0.05, 0.1) is 12.7 Å². The van der Waals surface area contributed by atoms with Gasteiger partial charge in [0, 0.05) is 18.8 Å². The minimum Gasteiger partial charge on any atom is -0.487 e. The molecule has 1 N–H and O–H groups in total. The number of anilines is 1. The first-order valence-corrected chi connectivity index (χ1v) is 7.71. The van der Waals surface area contributed by atoms with E-state index in [0.29, 0.717) is 12.6 Å². The lowest BCUT2D eigenvalue weighted by atomic mass is 9.94. The highest BCUT2D eigenvalue weighted by atomic mass is 16.5. The molecule has 1 fully saturated rings.